The fraction of sp³-hybridized carbons (Fsp3) is 0.200. The Morgan fingerprint density at radius 1 is 1.11 bits per heavy atom. The molecule has 0 saturated carbocycles. The third-order valence-corrected chi connectivity index (χ3v) is 4.56. The number of ether oxygens (including phenoxy) is 1. The average molecular weight is 367 g/mol. The molecule has 0 aliphatic carbocycles. The summed E-state index contributed by atoms with van der Waals surface area (Å²) in [5.41, 5.74) is 1.28. The Morgan fingerprint density at radius 3 is 2.70 bits per heavy atom. The first-order valence-corrected chi connectivity index (χ1v) is 8.67. The number of halogens is 1. The van der Waals surface area contributed by atoms with Gasteiger partial charge in [0.05, 0.1) is 30.1 Å². The molecular weight excluding hydrogens is 349 g/mol. The highest BCUT2D eigenvalue weighted by Gasteiger charge is 2.18. The smallest absolute Gasteiger partial charge is 0.261 e. The Bertz CT molecular complexity index is 1060. The average Bonchev–Trinajstić information content (AvgIpc) is 2.68. The van der Waals surface area contributed by atoms with Crippen LogP contribution >= 0.6 is 0 Å². The van der Waals surface area contributed by atoms with E-state index in [0.717, 1.165) is 18.8 Å². The quantitative estimate of drug-likeness (QED) is 0.747. The van der Waals surface area contributed by atoms with Gasteiger partial charge in [0.25, 0.3) is 11.5 Å². The van der Waals surface area contributed by atoms with Crippen LogP contribution in [-0.2, 0) is 4.74 Å². The van der Waals surface area contributed by atoms with Gasteiger partial charge in [-0.25, -0.2) is 4.39 Å². The molecule has 0 radical (unpaired) electrons. The highest BCUT2D eigenvalue weighted by molar-refractivity contribution is 6.07. The molecule has 1 fully saturated rings. The summed E-state index contributed by atoms with van der Waals surface area (Å²) in [5, 5.41) is 3.41. The number of pyridine rings is 1. The SMILES string of the molecule is O=C(Nc1ccccc1N1CCOCC1)c1cc2ccc(F)cc2[nH]c1=O. The van der Waals surface area contributed by atoms with Gasteiger partial charge in [-0.2, -0.15) is 0 Å². The minimum absolute atomic E-state index is 0.0223. The summed E-state index contributed by atoms with van der Waals surface area (Å²) in [6.07, 6.45) is 0. The van der Waals surface area contributed by atoms with Crippen molar-refractivity contribution in [1.29, 1.82) is 0 Å². The Morgan fingerprint density at radius 2 is 1.89 bits per heavy atom. The number of H-pyrrole nitrogens is 1. The predicted molar refractivity (Wildman–Crippen MR) is 102 cm³/mol. The lowest BCUT2D eigenvalue weighted by molar-refractivity contribution is 0.102. The maximum Gasteiger partial charge on any atom is 0.261 e. The van der Waals surface area contributed by atoms with Gasteiger partial charge in [0, 0.05) is 13.1 Å². The van der Waals surface area contributed by atoms with Crippen molar-refractivity contribution in [2.75, 3.05) is 36.5 Å². The largest absolute Gasteiger partial charge is 0.378 e. The maximum absolute atomic E-state index is 13.3. The van der Waals surface area contributed by atoms with Crippen LogP contribution in [0.5, 0.6) is 0 Å². The Kier molecular flexibility index (Phi) is 4.60. The van der Waals surface area contributed by atoms with E-state index in [9.17, 15) is 14.0 Å². The van der Waals surface area contributed by atoms with E-state index in [1.54, 1.807) is 6.07 Å². The number of morpholine rings is 1. The number of carbonyl (C=O) groups excluding carboxylic acids is 1. The molecule has 4 rings (SSSR count). The fourth-order valence-electron chi connectivity index (χ4n) is 3.19. The first-order valence-electron chi connectivity index (χ1n) is 8.67. The van der Waals surface area contributed by atoms with Crippen LogP contribution in [0.25, 0.3) is 10.9 Å². The minimum Gasteiger partial charge on any atom is -0.378 e. The molecule has 7 heteroatoms. The zero-order chi connectivity index (χ0) is 18.8. The van der Waals surface area contributed by atoms with E-state index in [4.69, 9.17) is 4.74 Å². The molecule has 2 aromatic carbocycles. The number of aromatic amines is 1. The lowest BCUT2D eigenvalue weighted by atomic mass is 10.1. The second-order valence-electron chi connectivity index (χ2n) is 6.31. The van der Waals surface area contributed by atoms with Gasteiger partial charge in [-0.1, -0.05) is 12.1 Å². The van der Waals surface area contributed by atoms with Gasteiger partial charge in [0.1, 0.15) is 11.4 Å². The van der Waals surface area contributed by atoms with Crippen molar-refractivity contribution >= 4 is 28.2 Å². The number of benzene rings is 2. The lowest BCUT2D eigenvalue weighted by Gasteiger charge is -2.30. The van der Waals surface area contributed by atoms with Crippen molar-refractivity contribution in [3.05, 3.63) is 70.3 Å². The van der Waals surface area contributed by atoms with Crippen LogP contribution in [0.1, 0.15) is 10.4 Å². The van der Waals surface area contributed by atoms with Crippen LogP contribution < -0.4 is 15.8 Å². The number of nitrogens with zero attached hydrogens (tertiary/aromatic N) is 1. The molecule has 1 aliphatic heterocycles. The molecule has 138 valence electrons. The zero-order valence-electron chi connectivity index (χ0n) is 14.5. The molecule has 1 amide bonds. The molecule has 1 saturated heterocycles. The van der Waals surface area contributed by atoms with Crippen molar-refractivity contribution in [3.63, 3.8) is 0 Å². The van der Waals surface area contributed by atoms with Gasteiger partial charge in [0.2, 0.25) is 0 Å². The van der Waals surface area contributed by atoms with Crippen molar-refractivity contribution < 1.29 is 13.9 Å². The van der Waals surface area contributed by atoms with Crippen LogP contribution in [0, 0.1) is 5.82 Å². The number of carbonyl (C=O) groups is 1. The normalized spacial score (nSPS) is 14.3. The molecule has 1 aliphatic rings. The van der Waals surface area contributed by atoms with E-state index in [-0.39, 0.29) is 5.56 Å². The summed E-state index contributed by atoms with van der Waals surface area (Å²) in [4.78, 5) is 29.7. The van der Waals surface area contributed by atoms with E-state index in [1.165, 1.54) is 24.3 Å². The molecule has 27 heavy (non-hydrogen) atoms. The third kappa shape index (κ3) is 3.54. The third-order valence-electron chi connectivity index (χ3n) is 4.56. The number of aromatic nitrogens is 1. The molecule has 2 heterocycles. The Balaban J connectivity index is 1.65. The summed E-state index contributed by atoms with van der Waals surface area (Å²) >= 11 is 0. The second kappa shape index (κ2) is 7.20. The monoisotopic (exact) mass is 367 g/mol. The number of hydrogen-bond donors (Lipinski definition) is 2. The summed E-state index contributed by atoms with van der Waals surface area (Å²) in [6.45, 7) is 2.72. The molecule has 0 unspecified atom stereocenters. The van der Waals surface area contributed by atoms with Gasteiger partial charge in [-0.05, 0) is 41.8 Å². The topological polar surface area (TPSA) is 74.4 Å². The summed E-state index contributed by atoms with van der Waals surface area (Å²) < 4.78 is 18.7. The van der Waals surface area contributed by atoms with Gasteiger partial charge in [-0.15, -0.1) is 0 Å². The van der Waals surface area contributed by atoms with E-state index in [2.05, 4.69) is 15.2 Å². The van der Waals surface area contributed by atoms with Crippen molar-refractivity contribution in [1.82, 2.24) is 4.98 Å². The second-order valence-corrected chi connectivity index (χ2v) is 6.31. The van der Waals surface area contributed by atoms with Gasteiger partial charge in [0.15, 0.2) is 0 Å². The molecular formula is C20H18FN3O3. The minimum atomic E-state index is -0.561. The molecule has 0 spiro atoms. The lowest BCUT2D eigenvalue weighted by Crippen LogP contribution is -2.36. The number of rotatable bonds is 3. The first-order chi connectivity index (χ1) is 13.1. The van der Waals surface area contributed by atoms with E-state index >= 15 is 0 Å². The molecule has 3 aromatic rings. The van der Waals surface area contributed by atoms with Crippen LogP contribution in [-0.4, -0.2) is 37.2 Å². The summed E-state index contributed by atoms with van der Waals surface area (Å²) in [5.74, 6) is -0.960. The van der Waals surface area contributed by atoms with E-state index in [1.807, 2.05) is 18.2 Å². The van der Waals surface area contributed by atoms with Crippen LogP contribution in [0.2, 0.25) is 0 Å². The van der Waals surface area contributed by atoms with Crippen molar-refractivity contribution in [2.45, 2.75) is 0 Å². The van der Waals surface area contributed by atoms with Gasteiger partial charge < -0.3 is 19.9 Å². The number of nitrogens with one attached hydrogen (secondary N) is 2. The van der Waals surface area contributed by atoms with Gasteiger partial charge >= 0.3 is 0 Å². The van der Waals surface area contributed by atoms with Crippen molar-refractivity contribution in [2.24, 2.45) is 0 Å². The van der Waals surface area contributed by atoms with Crippen LogP contribution in [0.3, 0.4) is 0 Å². The molecule has 6 nitrogen and oxygen atoms in total. The first kappa shape index (κ1) is 17.2. The number of fused-ring (bicyclic) bond motifs is 1. The molecule has 0 atom stereocenters. The Hall–Kier alpha value is -3.19. The van der Waals surface area contributed by atoms with Crippen molar-refractivity contribution in [3.8, 4) is 0 Å². The standard InChI is InChI=1S/C20H18FN3O3/c21-14-6-5-13-11-15(20(26)23-17(13)12-14)19(25)22-16-3-1-2-4-18(16)24-7-9-27-10-8-24/h1-6,11-12H,7-10H2,(H,22,25)(H,23,26). The number of amides is 1. The van der Waals surface area contributed by atoms with E-state index in [0.29, 0.717) is 29.8 Å². The molecule has 2 N–H and O–H groups in total. The highest BCUT2D eigenvalue weighted by Crippen LogP contribution is 2.26. The van der Waals surface area contributed by atoms with Crippen LogP contribution in [0.4, 0.5) is 15.8 Å². The van der Waals surface area contributed by atoms with E-state index < -0.39 is 17.3 Å². The predicted octanol–water partition coefficient (Wildman–Crippen LogP) is 2.76. The van der Waals surface area contributed by atoms with Crippen LogP contribution in [0.15, 0.2) is 53.3 Å². The molecule has 0 bridgehead atoms. The number of hydrogen-bond acceptors (Lipinski definition) is 4. The zero-order valence-corrected chi connectivity index (χ0v) is 14.5. The summed E-state index contributed by atoms with van der Waals surface area (Å²) in [6, 6.07) is 13.0. The summed E-state index contributed by atoms with van der Waals surface area (Å²) in [7, 11) is 0. The fourth-order valence-corrected chi connectivity index (χ4v) is 3.19. The number of anilines is 2. The highest BCUT2D eigenvalue weighted by atomic mass is 19.1. The maximum atomic E-state index is 13.3. The van der Waals surface area contributed by atoms with Gasteiger partial charge in [-0.3, -0.25) is 9.59 Å². The Labute approximate surface area is 154 Å². The molecule has 1 aromatic heterocycles. The number of para-hydroxylation sites is 2.